The summed E-state index contributed by atoms with van der Waals surface area (Å²) < 4.78 is 5.00. The Hall–Kier alpha value is -2.30. The number of nitrogens with one attached hydrogen (secondary N) is 1. The van der Waals surface area contributed by atoms with E-state index in [2.05, 4.69) is 4.98 Å². The number of para-hydroxylation sites is 1. The van der Waals surface area contributed by atoms with Gasteiger partial charge in [-0.25, -0.2) is 0 Å². The average molecular weight is 288 g/mol. The van der Waals surface area contributed by atoms with Gasteiger partial charge in [0.05, 0.1) is 0 Å². The predicted molar refractivity (Wildman–Crippen MR) is 80.6 cm³/mol. The molecule has 2 atom stereocenters. The quantitative estimate of drug-likeness (QED) is 0.828. The van der Waals surface area contributed by atoms with Crippen molar-refractivity contribution in [1.29, 1.82) is 0 Å². The fourth-order valence-corrected chi connectivity index (χ4v) is 2.80. The Labute approximate surface area is 123 Å². The van der Waals surface area contributed by atoms with Gasteiger partial charge < -0.3 is 15.5 Å². The van der Waals surface area contributed by atoms with Crippen molar-refractivity contribution in [3.63, 3.8) is 0 Å². The molecule has 112 valence electrons. The number of hydrogen-bond acceptors (Lipinski definition) is 3. The fourth-order valence-electron chi connectivity index (χ4n) is 2.80. The van der Waals surface area contributed by atoms with Gasteiger partial charge in [0.15, 0.2) is 6.10 Å². The van der Waals surface area contributed by atoms with E-state index in [0.29, 0.717) is 0 Å². The van der Waals surface area contributed by atoms with Crippen molar-refractivity contribution in [1.82, 2.24) is 4.98 Å². The highest BCUT2D eigenvalue weighted by molar-refractivity contribution is 5.87. The van der Waals surface area contributed by atoms with Crippen molar-refractivity contribution in [3.05, 3.63) is 36.0 Å². The highest BCUT2D eigenvalue weighted by atomic mass is 16.5. The summed E-state index contributed by atoms with van der Waals surface area (Å²) >= 11 is 0. The normalized spacial score (nSPS) is 14.6. The lowest BCUT2D eigenvalue weighted by Gasteiger charge is -2.34. The summed E-state index contributed by atoms with van der Waals surface area (Å²) in [5, 5.41) is 0.998. The number of benzene rings is 1. The third-order valence-electron chi connectivity index (χ3n) is 3.67. The van der Waals surface area contributed by atoms with Crippen LogP contribution in [0.5, 0.6) is 0 Å². The third-order valence-corrected chi connectivity index (χ3v) is 3.67. The Kier molecular flexibility index (Phi) is 4.02. The molecule has 0 aliphatic heterocycles. The third kappa shape index (κ3) is 2.91. The van der Waals surface area contributed by atoms with E-state index in [9.17, 15) is 9.59 Å². The Bertz CT molecular complexity index is 655. The second-order valence-corrected chi connectivity index (χ2v) is 6.19. The molecule has 1 unspecified atom stereocenters. The Balaban J connectivity index is 2.60. The molecule has 5 heteroatoms. The number of H-pyrrole nitrogens is 1. The number of carbonyl (C=O) groups excluding carboxylic acids is 2. The maximum absolute atomic E-state index is 11.7. The molecule has 0 radical (unpaired) electrons. The van der Waals surface area contributed by atoms with Gasteiger partial charge in [-0.3, -0.25) is 9.59 Å². The van der Waals surface area contributed by atoms with Crippen LogP contribution in [0.2, 0.25) is 0 Å². The monoisotopic (exact) mass is 288 g/mol. The first kappa shape index (κ1) is 15.1. The zero-order chi connectivity index (χ0) is 15.6. The maximum Gasteiger partial charge on any atom is 0.293 e. The minimum atomic E-state index is -0.998. The molecule has 2 rings (SSSR count). The van der Waals surface area contributed by atoms with Crippen molar-refractivity contribution >= 4 is 23.3 Å². The lowest BCUT2D eigenvalue weighted by atomic mass is 9.73. The lowest BCUT2D eigenvalue weighted by molar-refractivity contribution is -0.146. The summed E-state index contributed by atoms with van der Waals surface area (Å²) in [5.74, 6) is -0.983. The van der Waals surface area contributed by atoms with E-state index >= 15 is 0 Å². The zero-order valence-corrected chi connectivity index (χ0v) is 12.4. The molecule has 21 heavy (non-hydrogen) atoms. The SMILES string of the molecule is CC(C)(C)C(c1c[nH]c2ccccc12)[C@@H](OC=O)C(N)=O. The van der Waals surface area contributed by atoms with Crippen LogP contribution in [0.3, 0.4) is 0 Å². The number of primary amides is 1. The first-order valence-corrected chi connectivity index (χ1v) is 6.80. The van der Waals surface area contributed by atoms with Crippen LogP contribution in [0.1, 0.15) is 32.3 Å². The number of amides is 1. The van der Waals surface area contributed by atoms with E-state index in [1.165, 1.54) is 0 Å². The molecular weight excluding hydrogens is 268 g/mol. The van der Waals surface area contributed by atoms with Crippen LogP contribution in [-0.4, -0.2) is 23.5 Å². The van der Waals surface area contributed by atoms with Crippen LogP contribution in [0.25, 0.3) is 10.9 Å². The maximum atomic E-state index is 11.7. The second kappa shape index (κ2) is 5.60. The Morgan fingerprint density at radius 1 is 1.33 bits per heavy atom. The van der Waals surface area contributed by atoms with Crippen LogP contribution in [-0.2, 0) is 14.3 Å². The summed E-state index contributed by atoms with van der Waals surface area (Å²) in [5.41, 5.74) is 7.01. The van der Waals surface area contributed by atoms with Gasteiger partial charge in [-0.2, -0.15) is 0 Å². The molecule has 0 fully saturated rings. The zero-order valence-electron chi connectivity index (χ0n) is 12.4. The molecule has 0 spiro atoms. The number of nitrogens with two attached hydrogens (primary N) is 1. The van der Waals surface area contributed by atoms with E-state index < -0.39 is 12.0 Å². The van der Waals surface area contributed by atoms with Gasteiger partial charge in [0.2, 0.25) is 0 Å². The molecule has 0 saturated heterocycles. The van der Waals surface area contributed by atoms with Gasteiger partial charge >= 0.3 is 0 Å². The van der Waals surface area contributed by atoms with Gasteiger partial charge in [0.1, 0.15) is 0 Å². The summed E-state index contributed by atoms with van der Waals surface area (Å²) in [4.78, 5) is 25.7. The van der Waals surface area contributed by atoms with Gasteiger partial charge in [-0.05, 0) is 17.0 Å². The molecule has 1 aromatic carbocycles. The van der Waals surface area contributed by atoms with E-state index in [0.717, 1.165) is 16.5 Å². The van der Waals surface area contributed by atoms with Crippen LogP contribution in [0.4, 0.5) is 0 Å². The highest BCUT2D eigenvalue weighted by Gasteiger charge is 2.39. The number of carbonyl (C=O) groups is 2. The molecule has 0 bridgehead atoms. The number of aromatic amines is 1. The number of aromatic nitrogens is 1. The summed E-state index contributed by atoms with van der Waals surface area (Å²) in [7, 11) is 0. The number of fused-ring (bicyclic) bond motifs is 1. The molecule has 0 saturated carbocycles. The van der Waals surface area contributed by atoms with Gasteiger partial charge in [-0.15, -0.1) is 0 Å². The first-order chi connectivity index (χ1) is 9.86. The van der Waals surface area contributed by atoms with E-state index in [4.69, 9.17) is 10.5 Å². The second-order valence-electron chi connectivity index (χ2n) is 6.19. The van der Waals surface area contributed by atoms with Crippen molar-refractivity contribution in [2.75, 3.05) is 0 Å². The lowest BCUT2D eigenvalue weighted by Crippen LogP contribution is -2.41. The van der Waals surface area contributed by atoms with E-state index in [-0.39, 0.29) is 17.8 Å². The molecule has 2 aromatic rings. The molecule has 1 aromatic heterocycles. The van der Waals surface area contributed by atoms with Crippen LogP contribution < -0.4 is 5.73 Å². The summed E-state index contributed by atoms with van der Waals surface area (Å²) in [6.45, 7) is 6.25. The predicted octanol–water partition coefficient (Wildman–Crippen LogP) is 2.32. The molecule has 0 aliphatic carbocycles. The highest BCUT2D eigenvalue weighted by Crippen LogP contribution is 2.41. The summed E-state index contributed by atoms with van der Waals surface area (Å²) in [6.07, 6.45) is 0.853. The van der Waals surface area contributed by atoms with Gasteiger partial charge in [0, 0.05) is 23.0 Å². The van der Waals surface area contributed by atoms with Crippen molar-refractivity contribution in [2.45, 2.75) is 32.8 Å². The molecular formula is C16H20N2O3. The van der Waals surface area contributed by atoms with Crippen LogP contribution in [0, 0.1) is 5.41 Å². The van der Waals surface area contributed by atoms with Crippen molar-refractivity contribution in [2.24, 2.45) is 11.1 Å². The fraction of sp³-hybridized carbons (Fsp3) is 0.375. The van der Waals surface area contributed by atoms with Crippen molar-refractivity contribution in [3.8, 4) is 0 Å². The molecule has 5 nitrogen and oxygen atoms in total. The minimum Gasteiger partial charge on any atom is -0.454 e. The topological polar surface area (TPSA) is 85.2 Å². The number of rotatable bonds is 5. The first-order valence-electron chi connectivity index (χ1n) is 6.80. The number of ether oxygens (including phenoxy) is 1. The molecule has 0 aliphatic rings. The van der Waals surface area contributed by atoms with E-state index in [1.54, 1.807) is 0 Å². The van der Waals surface area contributed by atoms with Gasteiger partial charge in [0.25, 0.3) is 12.4 Å². The van der Waals surface area contributed by atoms with Crippen LogP contribution in [0.15, 0.2) is 30.5 Å². The van der Waals surface area contributed by atoms with Gasteiger partial charge in [-0.1, -0.05) is 39.0 Å². The summed E-state index contributed by atoms with van der Waals surface area (Å²) in [6, 6.07) is 7.79. The molecule has 3 N–H and O–H groups in total. The Morgan fingerprint density at radius 3 is 2.57 bits per heavy atom. The average Bonchev–Trinajstić information content (AvgIpc) is 2.80. The largest absolute Gasteiger partial charge is 0.454 e. The van der Waals surface area contributed by atoms with Crippen molar-refractivity contribution < 1.29 is 14.3 Å². The number of hydrogen-bond donors (Lipinski definition) is 2. The smallest absolute Gasteiger partial charge is 0.293 e. The Morgan fingerprint density at radius 2 is 2.00 bits per heavy atom. The van der Waals surface area contributed by atoms with E-state index in [1.807, 2.05) is 51.2 Å². The molecule has 1 amide bonds. The standard InChI is InChI=1S/C16H20N2O3/c1-16(2,3)13(14(15(17)20)21-9-19)11-8-18-12-7-5-4-6-10(11)12/h4-9,13-14,18H,1-3H3,(H2,17,20)/t13?,14-/m1/s1. The van der Waals surface area contributed by atoms with Crippen LogP contribution >= 0.6 is 0 Å². The minimum absolute atomic E-state index is 0.281. The molecule has 1 heterocycles.